The molecule has 2 amide bonds. The van der Waals surface area contributed by atoms with Crippen LogP contribution in [0, 0.1) is 6.92 Å². The van der Waals surface area contributed by atoms with Crippen molar-refractivity contribution < 1.29 is 4.79 Å². The minimum atomic E-state index is 0.0875. The SMILES string of the molecule is Cc1ccc2c(c1)CCN2C(=O)NC1CCCC1. The highest BCUT2D eigenvalue weighted by molar-refractivity contribution is 5.94. The van der Waals surface area contributed by atoms with E-state index in [4.69, 9.17) is 0 Å². The average molecular weight is 244 g/mol. The normalized spacial score (nSPS) is 19.1. The molecule has 1 fully saturated rings. The van der Waals surface area contributed by atoms with Gasteiger partial charge in [0, 0.05) is 18.3 Å². The number of nitrogens with zero attached hydrogens (tertiary/aromatic N) is 1. The smallest absolute Gasteiger partial charge is 0.322 e. The van der Waals surface area contributed by atoms with E-state index in [1.165, 1.54) is 24.0 Å². The van der Waals surface area contributed by atoms with Crippen LogP contribution in [0.15, 0.2) is 18.2 Å². The topological polar surface area (TPSA) is 32.3 Å². The maximum atomic E-state index is 12.3. The number of carbonyl (C=O) groups excluding carboxylic acids is 1. The van der Waals surface area contributed by atoms with Gasteiger partial charge in [-0.05, 0) is 37.8 Å². The fourth-order valence-electron chi connectivity index (χ4n) is 3.06. The highest BCUT2D eigenvalue weighted by Gasteiger charge is 2.26. The number of rotatable bonds is 1. The third-order valence-corrected chi connectivity index (χ3v) is 4.06. The molecule has 1 N–H and O–H groups in total. The Balaban J connectivity index is 1.73. The van der Waals surface area contributed by atoms with Gasteiger partial charge >= 0.3 is 6.03 Å². The van der Waals surface area contributed by atoms with Gasteiger partial charge in [0.1, 0.15) is 0 Å². The summed E-state index contributed by atoms with van der Waals surface area (Å²) >= 11 is 0. The van der Waals surface area contributed by atoms with Crippen LogP contribution in [0.1, 0.15) is 36.8 Å². The summed E-state index contributed by atoms with van der Waals surface area (Å²) in [6, 6.07) is 6.83. The minimum absolute atomic E-state index is 0.0875. The van der Waals surface area contributed by atoms with E-state index in [-0.39, 0.29) is 6.03 Å². The molecule has 0 bridgehead atoms. The molecule has 1 aromatic carbocycles. The number of aryl methyl sites for hydroxylation is 1. The lowest BCUT2D eigenvalue weighted by Crippen LogP contribution is -2.43. The van der Waals surface area contributed by atoms with Crippen LogP contribution < -0.4 is 10.2 Å². The molecule has 1 aliphatic heterocycles. The van der Waals surface area contributed by atoms with E-state index in [1.807, 2.05) is 4.90 Å². The molecule has 1 saturated carbocycles. The first-order valence-corrected chi connectivity index (χ1v) is 6.91. The number of nitrogens with one attached hydrogen (secondary N) is 1. The van der Waals surface area contributed by atoms with Gasteiger partial charge in [-0.3, -0.25) is 4.90 Å². The van der Waals surface area contributed by atoms with Crippen molar-refractivity contribution in [2.75, 3.05) is 11.4 Å². The summed E-state index contributed by atoms with van der Waals surface area (Å²) in [5.41, 5.74) is 3.67. The third kappa shape index (κ3) is 2.09. The van der Waals surface area contributed by atoms with E-state index in [0.717, 1.165) is 31.5 Å². The van der Waals surface area contributed by atoms with E-state index < -0.39 is 0 Å². The van der Waals surface area contributed by atoms with Gasteiger partial charge < -0.3 is 5.32 Å². The monoisotopic (exact) mass is 244 g/mol. The Bertz CT molecular complexity index is 464. The van der Waals surface area contributed by atoms with E-state index in [9.17, 15) is 4.79 Å². The van der Waals surface area contributed by atoms with E-state index >= 15 is 0 Å². The van der Waals surface area contributed by atoms with Crippen molar-refractivity contribution >= 4 is 11.7 Å². The highest BCUT2D eigenvalue weighted by Crippen LogP contribution is 2.29. The summed E-state index contributed by atoms with van der Waals surface area (Å²) in [4.78, 5) is 14.2. The Labute approximate surface area is 108 Å². The maximum absolute atomic E-state index is 12.3. The van der Waals surface area contributed by atoms with Crippen LogP contribution >= 0.6 is 0 Å². The number of urea groups is 1. The summed E-state index contributed by atoms with van der Waals surface area (Å²) in [6.45, 7) is 2.92. The first-order valence-electron chi connectivity index (χ1n) is 6.91. The van der Waals surface area contributed by atoms with Gasteiger partial charge in [0.2, 0.25) is 0 Å². The first kappa shape index (κ1) is 11.6. The molecule has 2 aliphatic rings. The molecular formula is C15H20N2O. The first-order chi connectivity index (χ1) is 8.74. The molecule has 1 aromatic rings. The van der Waals surface area contributed by atoms with Gasteiger partial charge in [-0.1, -0.05) is 30.5 Å². The Morgan fingerprint density at radius 2 is 2.11 bits per heavy atom. The van der Waals surface area contributed by atoms with Crippen molar-refractivity contribution in [3.8, 4) is 0 Å². The lowest BCUT2D eigenvalue weighted by molar-refractivity contribution is 0.243. The average Bonchev–Trinajstić information content (AvgIpc) is 2.97. The van der Waals surface area contributed by atoms with Gasteiger partial charge in [-0.2, -0.15) is 0 Å². The second kappa shape index (κ2) is 4.63. The zero-order chi connectivity index (χ0) is 12.5. The molecule has 3 rings (SSSR count). The van der Waals surface area contributed by atoms with Gasteiger partial charge in [0.05, 0.1) is 0 Å². The molecule has 1 aliphatic carbocycles. The maximum Gasteiger partial charge on any atom is 0.322 e. The molecule has 3 nitrogen and oxygen atoms in total. The largest absolute Gasteiger partial charge is 0.335 e. The number of anilines is 1. The molecule has 1 heterocycles. The molecule has 0 aromatic heterocycles. The lowest BCUT2D eigenvalue weighted by Gasteiger charge is -2.21. The lowest BCUT2D eigenvalue weighted by atomic mass is 10.1. The van der Waals surface area contributed by atoms with Gasteiger partial charge in [-0.15, -0.1) is 0 Å². The fourth-order valence-corrected chi connectivity index (χ4v) is 3.06. The van der Waals surface area contributed by atoms with Crippen molar-refractivity contribution in [2.45, 2.75) is 45.1 Å². The van der Waals surface area contributed by atoms with E-state index in [0.29, 0.717) is 6.04 Å². The van der Waals surface area contributed by atoms with Gasteiger partial charge in [-0.25, -0.2) is 4.79 Å². The van der Waals surface area contributed by atoms with Crippen molar-refractivity contribution in [1.29, 1.82) is 0 Å². The summed E-state index contributed by atoms with van der Waals surface area (Å²) in [5.74, 6) is 0. The quantitative estimate of drug-likeness (QED) is 0.809. The predicted octanol–water partition coefficient (Wildman–Crippen LogP) is 3.01. The number of carbonyl (C=O) groups is 1. The van der Waals surface area contributed by atoms with Crippen LogP contribution in [0.3, 0.4) is 0 Å². The number of hydrogen-bond acceptors (Lipinski definition) is 1. The van der Waals surface area contributed by atoms with E-state index in [2.05, 4.69) is 30.4 Å². The van der Waals surface area contributed by atoms with Crippen LogP contribution in [-0.2, 0) is 6.42 Å². The molecule has 0 spiro atoms. The van der Waals surface area contributed by atoms with E-state index in [1.54, 1.807) is 0 Å². The Kier molecular flexibility index (Phi) is 2.98. The standard InChI is InChI=1S/C15H20N2O/c1-11-6-7-14-12(10-11)8-9-17(14)15(18)16-13-4-2-3-5-13/h6-7,10,13H,2-5,8-9H2,1H3,(H,16,18). The number of amides is 2. The highest BCUT2D eigenvalue weighted by atomic mass is 16.2. The zero-order valence-corrected chi connectivity index (χ0v) is 10.9. The molecule has 3 heteroatoms. The molecule has 0 unspecified atom stereocenters. The summed E-state index contributed by atoms with van der Waals surface area (Å²) in [6.07, 6.45) is 5.76. The van der Waals surface area contributed by atoms with Gasteiger partial charge in [0.25, 0.3) is 0 Å². The molecule has 18 heavy (non-hydrogen) atoms. The van der Waals surface area contributed by atoms with Crippen molar-refractivity contribution in [3.05, 3.63) is 29.3 Å². The summed E-state index contributed by atoms with van der Waals surface area (Å²) in [7, 11) is 0. The summed E-state index contributed by atoms with van der Waals surface area (Å²) < 4.78 is 0. The summed E-state index contributed by atoms with van der Waals surface area (Å²) in [5, 5.41) is 3.16. The predicted molar refractivity (Wildman–Crippen MR) is 73.0 cm³/mol. The molecule has 0 radical (unpaired) electrons. The molecule has 0 saturated heterocycles. The second-order valence-corrected chi connectivity index (χ2v) is 5.46. The fraction of sp³-hybridized carbons (Fsp3) is 0.533. The van der Waals surface area contributed by atoms with Crippen LogP contribution in [0.2, 0.25) is 0 Å². The third-order valence-electron chi connectivity index (χ3n) is 4.06. The van der Waals surface area contributed by atoms with Crippen molar-refractivity contribution in [1.82, 2.24) is 5.32 Å². The zero-order valence-electron chi connectivity index (χ0n) is 10.9. The van der Waals surface area contributed by atoms with Crippen LogP contribution in [-0.4, -0.2) is 18.6 Å². The molecular weight excluding hydrogens is 224 g/mol. The van der Waals surface area contributed by atoms with Gasteiger partial charge in [0.15, 0.2) is 0 Å². The molecule has 0 atom stereocenters. The Morgan fingerprint density at radius 3 is 2.89 bits per heavy atom. The second-order valence-electron chi connectivity index (χ2n) is 5.46. The van der Waals surface area contributed by atoms with Crippen molar-refractivity contribution in [2.24, 2.45) is 0 Å². The number of benzene rings is 1. The Morgan fingerprint density at radius 1 is 1.33 bits per heavy atom. The molecule has 96 valence electrons. The van der Waals surface area contributed by atoms with Crippen LogP contribution in [0.25, 0.3) is 0 Å². The van der Waals surface area contributed by atoms with Crippen LogP contribution in [0.5, 0.6) is 0 Å². The Hall–Kier alpha value is -1.51. The minimum Gasteiger partial charge on any atom is -0.335 e. The van der Waals surface area contributed by atoms with Crippen molar-refractivity contribution in [3.63, 3.8) is 0 Å². The van der Waals surface area contributed by atoms with Crippen LogP contribution in [0.4, 0.5) is 10.5 Å². The number of fused-ring (bicyclic) bond motifs is 1. The number of hydrogen-bond donors (Lipinski definition) is 1.